The Labute approximate surface area is 683 Å². The molecule has 660 valence electrons. The molecule has 0 aromatic heterocycles. The third-order valence-corrected chi connectivity index (χ3v) is 24.0. The number of rotatable bonds is 91. The Kier molecular flexibility index (Phi) is 81.7. The Morgan fingerprint density at radius 2 is 0.459 bits per heavy atom. The van der Waals surface area contributed by atoms with Gasteiger partial charge >= 0.3 is 39.5 Å². The minimum atomic E-state index is -4.97. The van der Waals surface area contributed by atoms with E-state index >= 15 is 0 Å². The molecule has 0 aliphatic rings. The van der Waals surface area contributed by atoms with Crippen molar-refractivity contribution in [1.29, 1.82) is 0 Å². The number of ether oxygens (including phenoxy) is 4. The van der Waals surface area contributed by atoms with Gasteiger partial charge in [0.2, 0.25) is 0 Å². The molecule has 0 aromatic carbocycles. The minimum absolute atomic E-state index is 0.108. The largest absolute Gasteiger partial charge is 0.472 e. The molecule has 17 nitrogen and oxygen atoms in total. The van der Waals surface area contributed by atoms with Crippen LogP contribution in [0, 0.1) is 11.8 Å². The molecular formula is C92H180O17P2. The standard InChI is InChI=1S/C92H180O17P2/c1-7-10-12-14-16-18-20-22-23-24-25-26-27-31-34-39-45-51-57-63-69-75-90(95)103-81-88(108-91(96)76-70-64-58-52-46-40-35-32-29-28-30-33-38-43-49-55-61-67-73-85(6)9-3)83-107-111(100,101)105-79-86(93)78-104-110(98,99)106-82-87(80-102-89(94)74-68-62-56-50-44-21-19-17-15-13-11-8-2)109-92(97)77-71-65-59-53-47-41-36-37-42-48-54-60-66-72-84(4)5/h84-88,93H,7-83H2,1-6H3,(H,98,99)(H,100,101)/t85?,86-,87+,88+/m0/s1. The monoisotopic (exact) mass is 1620 g/mol. The van der Waals surface area contributed by atoms with Crippen LogP contribution in [0.15, 0.2) is 0 Å². The lowest BCUT2D eigenvalue weighted by Crippen LogP contribution is -2.30. The van der Waals surface area contributed by atoms with Gasteiger partial charge in [0.15, 0.2) is 12.2 Å². The summed E-state index contributed by atoms with van der Waals surface area (Å²) < 4.78 is 69.1. The molecule has 0 bridgehead atoms. The average molecular weight is 1620 g/mol. The molecule has 0 radical (unpaired) electrons. The molecule has 0 aliphatic heterocycles. The van der Waals surface area contributed by atoms with Crippen molar-refractivity contribution in [2.75, 3.05) is 39.6 Å². The fourth-order valence-corrected chi connectivity index (χ4v) is 16.0. The Balaban J connectivity index is 5.24. The molecule has 3 N–H and O–H groups in total. The molecule has 0 aromatic rings. The third-order valence-electron chi connectivity index (χ3n) is 22.1. The molecule has 3 unspecified atom stereocenters. The van der Waals surface area contributed by atoms with Crippen LogP contribution in [0.3, 0.4) is 0 Å². The van der Waals surface area contributed by atoms with Crippen molar-refractivity contribution in [3.8, 4) is 0 Å². The summed E-state index contributed by atoms with van der Waals surface area (Å²) in [6.45, 7) is 9.79. The quantitative estimate of drug-likeness (QED) is 0.0222. The van der Waals surface area contributed by atoms with Crippen molar-refractivity contribution in [3.63, 3.8) is 0 Å². The van der Waals surface area contributed by atoms with E-state index in [1.807, 2.05) is 0 Å². The van der Waals surface area contributed by atoms with Gasteiger partial charge in [-0.25, -0.2) is 9.13 Å². The molecule has 0 heterocycles. The van der Waals surface area contributed by atoms with E-state index in [0.717, 1.165) is 102 Å². The number of esters is 4. The number of aliphatic hydroxyl groups excluding tert-OH is 1. The van der Waals surface area contributed by atoms with Crippen molar-refractivity contribution >= 4 is 39.5 Å². The van der Waals surface area contributed by atoms with Crippen molar-refractivity contribution in [2.45, 2.75) is 516 Å². The summed E-state index contributed by atoms with van der Waals surface area (Å²) in [6.07, 6.45) is 77.8. The van der Waals surface area contributed by atoms with Crippen molar-refractivity contribution in [2.24, 2.45) is 11.8 Å². The number of phosphoric ester groups is 2. The van der Waals surface area contributed by atoms with Gasteiger partial charge in [0, 0.05) is 25.7 Å². The molecule has 0 rings (SSSR count). The SMILES string of the molecule is CCCCCCCCCCCCCCCCCCCCCCCC(=O)OC[C@H](COP(=O)(O)OC[C@@H](O)COP(=O)(O)OC[C@@H](COC(=O)CCCCCCCCCCCCCC)OC(=O)CCCCCCCCCCCCCCCC(C)C)OC(=O)CCCCCCCCCCCCCCCCCCCCC(C)CC. The third kappa shape index (κ3) is 84.3. The highest BCUT2D eigenvalue weighted by molar-refractivity contribution is 7.47. The highest BCUT2D eigenvalue weighted by Gasteiger charge is 2.31. The Hall–Kier alpha value is -1.94. The van der Waals surface area contributed by atoms with Gasteiger partial charge in [0.1, 0.15) is 19.3 Å². The zero-order chi connectivity index (χ0) is 81.3. The second kappa shape index (κ2) is 83.1. The smallest absolute Gasteiger partial charge is 0.462 e. The zero-order valence-corrected chi connectivity index (χ0v) is 75.1. The van der Waals surface area contributed by atoms with Crippen LogP contribution in [0.5, 0.6) is 0 Å². The molecule has 0 aliphatic carbocycles. The van der Waals surface area contributed by atoms with Gasteiger partial charge in [-0.3, -0.25) is 37.3 Å². The number of aliphatic hydroxyl groups is 1. The maximum absolute atomic E-state index is 13.2. The van der Waals surface area contributed by atoms with Gasteiger partial charge in [-0.05, 0) is 37.5 Å². The lowest BCUT2D eigenvalue weighted by molar-refractivity contribution is -0.161. The van der Waals surface area contributed by atoms with Gasteiger partial charge in [0.25, 0.3) is 0 Å². The van der Waals surface area contributed by atoms with E-state index < -0.39 is 97.5 Å². The molecule has 111 heavy (non-hydrogen) atoms. The van der Waals surface area contributed by atoms with Gasteiger partial charge in [-0.2, -0.15) is 0 Å². The summed E-state index contributed by atoms with van der Waals surface area (Å²) in [7, 11) is -9.94. The predicted molar refractivity (Wildman–Crippen MR) is 460 cm³/mol. The normalized spacial score (nSPS) is 14.0. The van der Waals surface area contributed by atoms with Crippen LogP contribution in [-0.4, -0.2) is 96.7 Å². The van der Waals surface area contributed by atoms with Crippen molar-refractivity contribution in [3.05, 3.63) is 0 Å². The molecule has 0 amide bonds. The summed E-state index contributed by atoms with van der Waals surface area (Å²) in [5.74, 6) is -0.436. The van der Waals surface area contributed by atoms with Crippen LogP contribution >= 0.6 is 15.6 Å². The number of phosphoric acid groups is 2. The van der Waals surface area contributed by atoms with Crippen LogP contribution in [0.1, 0.15) is 497 Å². The first kappa shape index (κ1) is 109. The first-order valence-corrected chi connectivity index (χ1v) is 50.5. The maximum atomic E-state index is 13.2. The summed E-state index contributed by atoms with van der Waals surface area (Å²) in [4.78, 5) is 73.4. The Morgan fingerprint density at radius 1 is 0.261 bits per heavy atom. The van der Waals surface area contributed by atoms with E-state index in [9.17, 15) is 43.2 Å². The molecule has 6 atom stereocenters. The summed E-state index contributed by atoms with van der Waals surface area (Å²) in [5.41, 5.74) is 0. The first-order chi connectivity index (χ1) is 53.9. The van der Waals surface area contributed by atoms with E-state index in [-0.39, 0.29) is 25.7 Å². The van der Waals surface area contributed by atoms with Crippen LogP contribution < -0.4 is 0 Å². The van der Waals surface area contributed by atoms with Crippen LogP contribution in [0.25, 0.3) is 0 Å². The average Bonchev–Trinajstić information content (AvgIpc) is 0.896. The zero-order valence-electron chi connectivity index (χ0n) is 73.3. The minimum Gasteiger partial charge on any atom is -0.462 e. The number of unbranched alkanes of at least 4 members (excludes halogenated alkanes) is 60. The van der Waals surface area contributed by atoms with Crippen molar-refractivity contribution in [1.82, 2.24) is 0 Å². The van der Waals surface area contributed by atoms with Crippen LogP contribution in [0.4, 0.5) is 0 Å². The fraction of sp³-hybridized carbons (Fsp3) is 0.957. The fourth-order valence-electron chi connectivity index (χ4n) is 14.4. The number of hydrogen-bond acceptors (Lipinski definition) is 15. The Morgan fingerprint density at radius 3 is 0.685 bits per heavy atom. The molecule has 0 saturated heterocycles. The molecule has 19 heteroatoms. The van der Waals surface area contributed by atoms with E-state index in [4.69, 9.17) is 37.0 Å². The van der Waals surface area contributed by atoms with E-state index in [1.165, 1.54) is 315 Å². The van der Waals surface area contributed by atoms with Gasteiger partial charge in [-0.1, -0.05) is 446 Å². The van der Waals surface area contributed by atoms with Crippen LogP contribution in [0.2, 0.25) is 0 Å². The van der Waals surface area contributed by atoms with E-state index in [1.54, 1.807) is 0 Å². The van der Waals surface area contributed by atoms with E-state index in [0.29, 0.717) is 25.7 Å². The van der Waals surface area contributed by atoms with Crippen LogP contribution in [-0.2, 0) is 65.4 Å². The van der Waals surface area contributed by atoms with Gasteiger partial charge in [-0.15, -0.1) is 0 Å². The summed E-state index contributed by atoms with van der Waals surface area (Å²) >= 11 is 0. The summed E-state index contributed by atoms with van der Waals surface area (Å²) in [6, 6.07) is 0. The topological polar surface area (TPSA) is 237 Å². The highest BCUT2D eigenvalue weighted by atomic mass is 31.2. The van der Waals surface area contributed by atoms with Gasteiger partial charge < -0.3 is 33.8 Å². The first-order valence-electron chi connectivity index (χ1n) is 47.5. The van der Waals surface area contributed by atoms with E-state index in [2.05, 4.69) is 41.5 Å². The highest BCUT2D eigenvalue weighted by Crippen LogP contribution is 2.45. The lowest BCUT2D eigenvalue weighted by atomic mass is 9.99. The maximum Gasteiger partial charge on any atom is 0.472 e. The predicted octanol–water partition coefficient (Wildman–Crippen LogP) is 28.6. The Bertz CT molecular complexity index is 2120. The second-order valence-electron chi connectivity index (χ2n) is 33.8. The molecular weight excluding hydrogens is 1440 g/mol. The summed E-state index contributed by atoms with van der Waals surface area (Å²) in [5, 5.41) is 10.7. The molecule has 0 saturated carbocycles. The molecule has 0 fully saturated rings. The lowest BCUT2D eigenvalue weighted by Gasteiger charge is -2.21. The van der Waals surface area contributed by atoms with Crippen molar-refractivity contribution < 1.29 is 80.2 Å². The van der Waals surface area contributed by atoms with Gasteiger partial charge in [0.05, 0.1) is 26.4 Å². The second-order valence-corrected chi connectivity index (χ2v) is 36.7. The number of hydrogen-bond donors (Lipinski definition) is 3. The molecule has 0 spiro atoms. The number of carbonyl (C=O) groups is 4. The number of carbonyl (C=O) groups excluding carboxylic acids is 4.